The Morgan fingerprint density at radius 1 is 0.811 bits per heavy atom. The topological polar surface area (TPSA) is 42.1 Å². The molecule has 0 saturated carbocycles. The van der Waals surface area contributed by atoms with Crippen molar-refractivity contribution in [2.75, 3.05) is 0 Å². The van der Waals surface area contributed by atoms with E-state index in [1.807, 2.05) is 55.5 Å². The number of halogens is 2. The van der Waals surface area contributed by atoms with Crippen LogP contribution in [0.1, 0.15) is 43.1 Å². The summed E-state index contributed by atoms with van der Waals surface area (Å²) in [6, 6.07) is 24.0. The smallest absolute Gasteiger partial charge is 0.298 e. The number of benzene rings is 3. The Hall–Kier alpha value is -4.29. The molecule has 6 rings (SSSR count). The lowest BCUT2D eigenvalue weighted by Crippen LogP contribution is -2.40. The highest BCUT2D eigenvalue weighted by Gasteiger charge is 2.51. The quantitative estimate of drug-likeness (QED) is 0.233. The molecule has 4 aromatic rings. The molecular formula is C30H20BClFN2O2+. The largest absolute Gasteiger partial charge is 0.847 e. The van der Waals surface area contributed by atoms with Crippen LogP contribution < -0.4 is 0 Å². The molecule has 0 spiro atoms. The SMILES string of the molecule is Cc1ccc(C2=C3C=CC(c4ccc(C=O)cc4)=[N+]3B(F)n3c2cc(Cl)c3-c2ccc(C=O)cc2)cc1. The second-order valence-electron chi connectivity index (χ2n) is 9.10. The first kappa shape index (κ1) is 23.1. The van der Waals surface area contributed by atoms with Gasteiger partial charge in [0.25, 0.3) is 0 Å². The zero-order valence-electron chi connectivity index (χ0n) is 19.9. The molecule has 7 heteroatoms. The average molecular weight is 506 g/mol. The van der Waals surface area contributed by atoms with Crippen molar-refractivity contribution in [1.29, 1.82) is 0 Å². The maximum atomic E-state index is 16.7. The number of fused-ring (bicyclic) bond motifs is 2. The number of hydrogen-bond acceptors (Lipinski definition) is 2. The summed E-state index contributed by atoms with van der Waals surface area (Å²) < 4.78 is 20.0. The lowest BCUT2D eigenvalue weighted by atomic mass is 9.89. The van der Waals surface area contributed by atoms with Crippen LogP contribution in [0.2, 0.25) is 5.02 Å². The number of nitrogens with zero attached hydrogens (tertiary/aromatic N) is 2. The first-order chi connectivity index (χ1) is 18.0. The third-order valence-electron chi connectivity index (χ3n) is 6.85. The van der Waals surface area contributed by atoms with E-state index in [4.69, 9.17) is 11.6 Å². The summed E-state index contributed by atoms with van der Waals surface area (Å²) in [6.07, 6.45) is 5.38. The van der Waals surface area contributed by atoms with Crippen molar-refractivity contribution >= 4 is 42.7 Å². The second-order valence-corrected chi connectivity index (χ2v) is 9.51. The zero-order valence-corrected chi connectivity index (χ0v) is 20.6. The summed E-state index contributed by atoms with van der Waals surface area (Å²) in [5.41, 5.74) is 8.14. The lowest BCUT2D eigenvalue weighted by Gasteiger charge is -2.21. The van der Waals surface area contributed by atoms with Crippen molar-refractivity contribution in [2.45, 2.75) is 6.92 Å². The van der Waals surface area contributed by atoms with Crippen LogP contribution in [0.25, 0.3) is 16.8 Å². The number of carbonyl (C=O) groups is 2. The number of aromatic nitrogens is 1. The van der Waals surface area contributed by atoms with Gasteiger partial charge in [-0.25, -0.2) is 8.80 Å². The van der Waals surface area contributed by atoms with E-state index >= 15 is 4.32 Å². The number of aldehydes is 2. The van der Waals surface area contributed by atoms with Gasteiger partial charge in [-0.2, -0.15) is 0 Å². The predicted molar refractivity (Wildman–Crippen MR) is 145 cm³/mol. The van der Waals surface area contributed by atoms with Gasteiger partial charge in [0.05, 0.1) is 22.0 Å². The number of rotatable bonds is 5. The minimum Gasteiger partial charge on any atom is -0.298 e. The predicted octanol–water partition coefficient (Wildman–Crippen LogP) is 6.39. The Morgan fingerprint density at radius 3 is 1.97 bits per heavy atom. The monoisotopic (exact) mass is 505 g/mol. The van der Waals surface area contributed by atoms with Gasteiger partial charge < -0.3 is 0 Å². The van der Waals surface area contributed by atoms with E-state index in [2.05, 4.69) is 0 Å². The summed E-state index contributed by atoms with van der Waals surface area (Å²) >= 11 is 6.77. The van der Waals surface area contributed by atoms with Crippen LogP contribution in [0.5, 0.6) is 0 Å². The summed E-state index contributed by atoms with van der Waals surface area (Å²) in [4.78, 5) is 22.3. The maximum Gasteiger partial charge on any atom is 0.847 e. The number of allylic oxidation sites excluding steroid dienone is 2. The summed E-state index contributed by atoms with van der Waals surface area (Å²) in [5, 5.41) is 0.420. The van der Waals surface area contributed by atoms with Crippen LogP contribution in [-0.4, -0.2) is 34.5 Å². The zero-order chi connectivity index (χ0) is 25.7. The number of aryl methyl sites for hydroxylation is 1. The number of carbonyl (C=O) groups excluding carboxylic acids is 2. The Balaban J connectivity index is 1.63. The third-order valence-corrected chi connectivity index (χ3v) is 7.14. The van der Waals surface area contributed by atoms with Crippen molar-refractivity contribution in [3.05, 3.63) is 135 Å². The van der Waals surface area contributed by atoms with Gasteiger partial charge in [-0.05, 0) is 36.2 Å². The van der Waals surface area contributed by atoms with Crippen molar-refractivity contribution in [1.82, 2.24) is 4.48 Å². The van der Waals surface area contributed by atoms with Crippen LogP contribution in [0.3, 0.4) is 0 Å². The first-order valence-corrected chi connectivity index (χ1v) is 12.2. The average Bonchev–Trinajstić information content (AvgIpc) is 3.52. The maximum absolute atomic E-state index is 16.7. The van der Waals surface area contributed by atoms with Gasteiger partial charge in [-0.15, -0.1) is 0 Å². The number of hydrogen-bond donors (Lipinski definition) is 0. The van der Waals surface area contributed by atoms with Crippen molar-refractivity contribution in [3.8, 4) is 11.3 Å². The molecule has 37 heavy (non-hydrogen) atoms. The molecule has 3 heterocycles. The minimum absolute atomic E-state index is 0.420. The molecule has 0 aliphatic carbocycles. The highest BCUT2D eigenvalue weighted by molar-refractivity contribution is 6.46. The van der Waals surface area contributed by atoms with Crippen LogP contribution in [-0.2, 0) is 0 Å². The van der Waals surface area contributed by atoms with E-state index in [-0.39, 0.29) is 0 Å². The van der Waals surface area contributed by atoms with E-state index in [0.717, 1.165) is 40.5 Å². The van der Waals surface area contributed by atoms with Gasteiger partial charge in [-0.1, -0.05) is 77.8 Å². The van der Waals surface area contributed by atoms with Gasteiger partial charge in [-0.3, -0.25) is 14.1 Å². The molecule has 178 valence electrons. The van der Waals surface area contributed by atoms with Gasteiger partial charge in [0, 0.05) is 28.8 Å². The molecule has 0 fully saturated rings. The molecule has 0 atom stereocenters. The first-order valence-electron chi connectivity index (χ1n) is 11.8. The normalized spacial score (nSPS) is 14.2. The highest BCUT2D eigenvalue weighted by Crippen LogP contribution is 2.42. The van der Waals surface area contributed by atoms with Gasteiger partial charge in [0.1, 0.15) is 12.6 Å². The van der Waals surface area contributed by atoms with Crippen molar-refractivity contribution in [2.24, 2.45) is 0 Å². The Labute approximate surface area is 218 Å². The molecule has 3 aromatic carbocycles. The summed E-state index contributed by atoms with van der Waals surface area (Å²) in [6.45, 7) is 2.03. The fraction of sp³-hybridized carbons (Fsp3) is 0.0333. The Morgan fingerprint density at radius 2 is 1.38 bits per heavy atom. The fourth-order valence-electron chi connectivity index (χ4n) is 5.02. The van der Waals surface area contributed by atoms with Crippen LogP contribution in [0.15, 0.2) is 96.7 Å². The van der Waals surface area contributed by atoms with Gasteiger partial charge in [0.15, 0.2) is 11.4 Å². The van der Waals surface area contributed by atoms with Crippen LogP contribution >= 0.6 is 11.6 Å². The lowest BCUT2D eigenvalue weighted by molar-refractivity contribution is -0.333. The fourth-order valence-corrected chi connectivity index (χ4v) is 5.32. The van der Waals surface area contributed by atoms with Crippen LogP contribution in [0.4, 0.5) is 4.32 Å². The van der Waals surface area contributed by atoms with Gasteiger partial charge in [0.2, 0.25) is 0 Å². The van der Waals surface area contributed by atoms with E-state index < -0.39 is 7.26 Å². The Kier molecular flexibility index (Phi) is 5.62. The van der Waals surface area contributed by atoms with Crippen LogP contribution in [0, 0.1) is 6.92 Å². The third kappa shape index (κ3) is 3.72. The Bertz CT molecular complexity index is 1660. The summed E-state index contributed by atoms with van der Waals surface area (Å²) in [7, 11) is -1.58. The molecule has 0 radical (unpaired) electrons. The standard InChI is InChI=1S/C30H20BClFN2O2/c1-19-2-8-23(9-3-19)29-27-15-14-26(22-10-4-20(17-36)5-11-22)34(27)31(33)35-28(29)16-25(32)30(35)24-12-6-21(18-37)7-13-24/h2-18H,1H3/q+1. The van der Waals surface area contributed by atoms with E-state index in [9.17, 15) is 9.59 Å². The molecule has 0 saturated heterocycles. The van der Waals surface area contributed by atoms with E-state index in [0.29, 0.717) is 38.8 Å². The van der Waals surface area contributed by atoms with E-state index in [1.165, 1.54) is 0 Å². The van der Waals surface area contributed by atoms with Gasteiger partial charge >= 0.3 is 7.26 Å². The molecule has 1 aromatic heterocycles. The molecule has 0 amide bonds. The molecule has 0 unspecified atom stereocenters. The minimum atomic E-state index is -1.58. The molecule has 0 bridgehead atoms. The van der Waals surface area contributed by atoms with Crippen molar-refractivity contribution in [3.63, 3.8) is 0 Å². The second kappa shape index (κ2) is 8.98. The highest BCUT2D eigenvalue weighted by atomic mass is 35.5. The molecule has 2 aliphatic heterocycles. The van der Waals surface area contributed by atoms with Crippen molar-refractivity contribution < 1.29 is 18.4 Å². The molecule has 2 aliphatic rings. The molecule has 4 nitrogen and oxygen atoms in total. The molecule has 0 N–H and O–H groups in total. The summed E-state index contributed by atoms with van der Waals surface area (Å²) in [5.74, 6) is 0. The van der Waals surface area contributed by atoms with E-state index in [1.54, 1.807) is 51.4 Å². The molecular weight excluding hydrogens is 486 g/mol.